The third kappa shape index (κ3) is 0.861. The minimum absolute atomic E-state index is 0.838. The second-order valence-corrected chi connectivity index (χ2v) is 1.98. The first-order chi connectivity index (χ1) is 3.84. The summed E-state index contributed by atoms with van der Waals surface area (Å²) in [5, 5.41) is 10.7. The largest absolute Gasteiger partial charge is 0.163 e. The van der Waals surface area contributed by atoms with E-state index in [-0.39, 0.29) is 0 Å². The van der Waals surface area contributed by atoms with Crippen molar-refractivity contribution in [2.75, 3.05) is 0 Å². The molecule has 8 heavy (non-hydrogen) atoms. The number of tetrazole rings is 1. The molecule has 1 rings (SSSR count). The molecule has 1 aromatic heterocycles. The van der Waals surface area contributed by atoms with Crippen LogP contribution in [-0.2, 0) is 6.42 Å². The summed E-state index contributed by atoms with van der Waals surface area (Å²) in [5.41, 5.74) is 0. The van der Waals surface area contributed by atoms with Gasteiger partial charge in [0.15, 0.2) is 5.82 Å². The second-order valence-electron chi connectivity index (χ2n) is 1.31. The van der Waals surface area contributed by atoms with E-state index in [1.807, 2.05) is 6.92 Å². The van der Waals surface area contributed by atoms with Gasteiger partial charge in [-0.3, -0.25) is 0 Å². The van der Waals surface area contributed by atoms with Gasteiger partial charge in [0.1, 0.15) is 0 Å². The topological polar surface area (TPSA) is 43.6 Å². The Morgan fingerprint density at radius 1 is 1.75 bits per heavy atom. The van der Waals surface area contributed by atoms with Crippen molar-refractivity contribution in [1.29, 1.82) is 0 Å². The molecule has 1 heterocycles. The summed E-state index contributed by atoms with van der Waals surface area (Å²) in [4.78, 5) is 0. The van der Waals surface area contributed by atoms with Gasteiger partial charge in [0, 0.05) is 6.42 Å². The van der Waals surface area contributed by atoms with Crippen LogP contribution in [-0.4, -0.2) is 19.2 Å². The van der Waals surface area contributed by atoms with E-state index < -0.39 is 0 Å². The average Bonchev–Trinajstić information content (AvgIpc) is 2.14. The van der Waals surface area contributed by atoms with E-state index in [0.717, 1.165) is 12.2 Å². The van der Waals surface area contributed by atoms with E-state index in [0.29, 0.717) is 0 Å². The lowest BCUT2D eigenvalue weighted by atomic mass is 10.5. The van der Waals surface area contributed by atoms with Gasteiger partial charge in [-0.15, -0.1) is 5.10 Å². The highest BCUT2D eigenvalue weighted by Gasteiger charge is 1.96. The maximum absolute atomic E-state index is 3.69. The lowest BCUT2D eigenvalue weighted by Crippen LogP contribution is -1.89. The summed E-state index contributed by atoms with van der Waals surface area (Å²) >= 11 is 3.11. The van der Waals surface area contributed by atoms with E-state index in [1.54, 1.807) is 0 Å². The van der Waals surface area contributed by atoms with Gasteiger partial charge in [0.05, 0.1) is 16.1 Å². The fraction of sp³-hybridized carbons (Fsp3) is 0.667. The van der Waals surface area contributed by atoms with Gasteiger partial charge in [0.25, 0.3) is 0 Å². The number of aromatic nitrogens is 4. The Kier molecular flexibility index (Phi) is 1.57. The van der Waals surface area contributed by atoms with Crippen LogP contribution in [0.25, 0.3) is 0 Å². The van der Waals surface area contributed by atoms with Crippen molar-refractivity contribution < 1.29 is 0 Å². The van der Waals surface area contributed by atoms with Gasteiger partial charge in [-0.2, -0.15) is 3.71 Å². The van der Waals surface area contributed by atoms with Crippen molar-refractivity contribution in [1.82, 2.24) is 19.2 Å². The zero-order valence-corrected chi connectivity index (χ0v) is 5.96. The van der Waals surface area contributed by atoms with Gasteiger partial charge < -0.3 is 0 Å². The molecule has 0 radical (unpaired) electrons. The first kappa shape index (κ1) is 5.68. The molecule has 0 saturated carbocycles. The molecular formula is C3H5BrN4. The van der Waals surface area contributed by atoms with E-state index in [1.165, 1.54) is 3.71 Å². The molecule has 0 aliphatic rings. The summed E-state index contributed by atoms with van der Waals surface area (Å²) in [6.45, 7) is 1.99. The average molecular weight is 177 g/mol. The molecule has 4 nitrogen and oxygen atoms in total. The predicted molar refractivity (Wildman–Crippen MR) is 31.5 cm³/mol. The monoisotopic (exact) mass is 176 g/mol. The highest BCUT2D eigenvalue weighted by atomic mass is 79.9. The van der Waals surface area contributed by atoms with Gasteiger partial charge in [-0.1, -0.05) is 6.92 Å². The standard InChI is InChI=1S/C3H5BrN4/c1-2-3-5-6-7-8(3)4/h2H2,1H3. The fourth-order valence-electron chi connectivity index (χ4n) is 0.396. The lowest BCUT2D eigenvalue weighted by Gasteiger charge is -1.84. The molecule has 1 aromatic rings. The summed E-state index contributed by atoms with van der Waals surface area (Å²) in [7, 11) is 0. The molecule has 0 fully saturated rings. The third-order valence-corrected chi connectivity index (χ3v) is 1.36. The van der Waals surface area contributed by atoms with Gasteiger partial charge in [0.2, 0.25) is 0 Å². The quantitative estimate of drug-likeness (QED) is 0.623. The van der Waals surface area contributed by atoms with Crippen LogP contribution in [0.4, 0.5) is 0 Å². The normalized spacial score (nSPS) is 9.75. The Morgan fingerprint density at radius 3 is 2.75 bits per heavy atom. The van der Waals surface area contributed by atoms with Crippen molar-refractivity contribution in [2.24, 2.45) is 0 Å². The minimum Gasteiger partial charge on any atom is -0.161 e. The minimum atomic E-state index is 0.838. The van der Waals surface area contributed by atoms with Gasteiger partial charge in [-0.05, 0) is 10.4 Å². The van der Waals surface area contributed by atoms with Crippen LogP contribution >= 0.6 is 16.1 Å². The predicted octanol–water partition coefficient (Wildman–Crippen LogP) is 0.393. The zero-order chi connectivity index (χ0) is 5.98. The van der Waals surface area contributed by atoms with Gasteiger partial charge in [-0.25, -0.2) is 0 Å². The fourth-order valence-corrected chi connectivity index (χ4v) is 0.782. The molecule has 44 valence electrons. The Balaban J connectivity index is 2.92. The summed E-state index contributed by atoms with van der Waals surface area (Å²) in [6, 6.07) is 0. The van der Waals surface area contributed by atoms with Crippen LogP contribution in [0.3, 0.4) is 0 Å². The van der Waals surface area contributed by atoms with Crippen LogP contribution in [0.5, 0.6) is 0 Å². The van der Waals surface area contributed by atoms with E-state index in [2.05, 4.69) is 31.7 Å². The van der Waals surface area contributed by atoms with E-state index in [9.17, 15) is 0 Å². The summed E-state index contributed by atoms with van der Waals surface area (Å²) < 4.78 is 1.48. The van der Waals surface area contributed by atoms with Crippen LogP contribution in [0.15, 0.2) is 0 Å². The summed E-state index contributed by atoms with van der Waals surface area (Å²) in [5.74, 6) is 0.838. The highest BCUT2D eigenvalue weighted by Crippen LogP contribution is 1.94. The molecular weight excluding hydrogens is 172 g/mol. The van der Waals surface area contributed by atoms with E-state index >= 15 is 0 Å². The number of hydrogen-bond donors (Lipinski definition) is 0. The SMILES string of the molecule is CCc1nnnn1Br. The van der Waals surface area contributed by atoms with Gasteiger partial charge >= 0.3 is 0 Å². The zero-order valence-electron chi connectivity index (χ0n) is 4.37. The van der Waals surface area contributed by atoms with Crippen molar-refractivity contribution in [3.8, 4) is 0 Å². The molecule has 0 aromatic carbocycles. The number of rotatable bonds is 1. The number of nitrogens with zero attached hydrogens (tertiary/aromatic N) is 4. The molecule has 0 N–H and O–H groups in total. The molecule has 0 amide bonds. The molecule has 0 unspecified atom stereocenters. The maximum atomic E-state index is 3.69. The number of hydrogen-bond acceptors (Lipinski definition) is 3. The van der Waals surface area contributed by atoms with Crippen molar-refractivity contribution in [3.63, 3.8) is 0 Å². The highest BCUT2D eigenvalue weighted by molar-refractivity contribution is 9.08. The van der Waals surface area contributed by atoms with Crippen LogP contribution < -0.4 is 0 Å². The number of aryl methyl sites for hydroxylation is 1. The number of halogens is 1. The van der Waals surface area contributed by atoms with Crippen molar-refractivity contribution >= 4 is 16.1 Å². The first-order valence-corrected chi connectivity index (χ1v) is 2.99. The Labute approximate surface area is 55.2 Å². The summed E-state index contributed by atoms with van der Waals surface area (Å²) in [6.07, 6.45) is 0.845. The smallest absolute Gasteiger partial charge is 0.161 e. The Morgan fingerprint density at radius 2 is 2.50 bits per heavy atom. The molecule has 0 aliphatic heterocycles. The molecule has 0 spiro atoms. The first-order valence-electron chi connectivity index (χ1n) is 2.28. The van der Waals surface area contributed by atoms with E-state index in [4.69, 9.17) is 0 Å². The molecule has 0 saturated heterocycles. The maximum Gasteiger partial charge on any atom is 0.163 e. The third-order valence-electron chi connectivity index (χ3n) is 0.808. The molecule has 0 aliphatic carbocycles. The van der Waals surface area contributed by atoms with Crippen LogP contribution in [0.1, 0.15) is 12.7 Å². The second kappa shape index (κ2) is 2.21. The lowest BCUT2D eigenvalue weighted by molar-refractivity contribution is 0.858. The van der Waals surface area contributed by atoms with Crippen molar-refractivity contribution in [3.05, 3.63) is 5.82 Å². The van der Waals surface area contributed by atoms with Crippen LogP contribution in [0.2, 0.25) is 0 Å². The Hall–Kier alpha value is -0.450. The van der Waals surface area contributed by atoms with Crippen LogP contribution in [0, 0.1) is 0 Å². The van der Waals surface area contributed by atoms with Crippen molar-refractivity contribution in [2.45, 2.75) is 13.3 Å². The Bertz CT molecular complexity index is 172. The molecule has 5 heteroatoms. The molecule has 0 atom stereocenters. The molecule has 0 bridgehead atoms.